The van der Waals surface area contributed by atoms with Gasteiger partial charge in [-0.15, -0.1) is 0 Å². The molecule has 3 aromatic carbocycles. The topological polar surface area (TPSA) is 105 Å². The van der Waals surface area contributed by atoms with Gasteiger partial charge in [0.05, 0.1) is 5.56 Å². The zero-order valence-electron chi connectivity index (χ0n) is 18.1. The lowest BCUT2D eigenvalue weighted by Gasteiger charge is -2.17. The summed E-state index contributed by atoms with van der Waals surface area (Å²) in [4.78, 5) is 35.6. The average Bonchev–Trinajstić information content (AvgIpc) is 3.15. The maximum absolute atomic E-state index is 12.3. The molecule has 0 fully saturated rings. The highest BCUT2D eigenvalue weighted by Gasteiger charge is 2.29. The summed E-state index contributed by atoms with van der Waals surface area (Å²) in [6.45, 7) is 1.96. The fraction of sp³-hybridized carbons (Fsp3) is 0.192. The van der Waals surface area contributed by atoms with Crippen molar-refractivity contribution in [3.05, 3.63) is 95.1 Å². The highest BCUT2D eigenvalue weighted by atomic mass is 16.5. The first kappa shape index (κ1) is 22.1. The highest BCUT2D eigenvalue weighted by molar-refractivity contribution is 5.87. The van der Waals surface area contributed by atoms with Gasteiger partial charge in [-0.3, -0.25) is 4.79 Å². The number of aromatic carboxylic acids is 1. The molecule has 1 aliphatic rings. The number of benzene rings is 3. The number of ether oxygens (including phenoxy) is 1. The van der Waals surface area contributed by atoms with Gasteiger partial charge in [-0.05, 0) is 46.9 Å². The van der Waals surface area contributed by atoms with Crippen molar-refractivity contribution >= 4 is 18.0 Å². The molecule has 0 bridgehead atoms. The first-order valence-electron chi connectivity index (χ1n) is 10.7. The van der Waals surface area contributed by atoms with Gasteiger partial charge in [-0.2, -0.15) is 0 Å². The van der Waals surface area contributed by atoms with E-state index in [0.717, 1.165) is 27.8 Å². The molecule has 33 heavy (non-hydrogen) atoms. The van der Waals surface area contributed by atoms with Gasteiger partial charge in [0, 0.05) is 12.5 Å². The van der Waals surface area contributed by atoms with Crippen molar-refractivity contribution in [1.82, 2.24) is 10.6 Å². The van der Waals surface area contributed by atoms with Gasteiger partial charge in [0.15, 0.2) is 0 Å². The summed E-state index contributed by atoms with van der Waals surface area (Å²) in [7, 11) is 0. The van der Waals surface area contributed by atoms with Crippen molar-refractivity contribution in [3.8, 4) is 11.1 Å². The van der Waals surface area contributed by atoms with E-state index in [4.69, 9.17) is 9.84 Å². The maximum Gasteiger partial charge on any atom is 0.407 e. The molecule has 3 aromatic rings. The van der Waals surface area contributed by atoms with Crippen LogP contribution in [0.15, 0.2) is 72.8 Å². The first-order valence-corrected chi connectivity index (χ1v) is 10.7. The molecule has 4 rings (SSSR count). The predicted molar refractivity (Wildman–Crippen MR) is 123 cm³/mol. The molecule has 0 aliphatic heterocycles. The second-order valence-electron chi connectivity index (χ2n) is 7.91. The van der Waals surface area contributed by atoms with E-state index in [0.29, 0.717) is 0 Å². The second-order valence-corrected chi connectivity index (χ2v) is 7.91. The number of amides is 2. The SMILES string of the molecule is C[C@@H](NC(=O)OCC1c2ccccc2-c2ccccc21)C(=O)NCc1ccc(C(=O)O)cc1. The number of alkyl carbamates (subject to hydrolysis) is 1. The van der Waals surface area contributed by atoms with Crippen LogP contribution in [0.4, 0.5) is 4.79 Å². The van der Waals surface area contributed by atoms with Crippen LogP contribution < -0.4 is 10.6 Å². The molecule has 0 aromatic heterocycles. The molecule has 3 N–H and O–H groups in total. The van der Waals surface area contributed by atoms with E-state index in [9.17, 15) is 14.4 Å². The van der Waals surface area contributed by atoms with Crippen molar-refractivity contribution in [2.75, 3.05) is 6.61 Å². The molecule has 1 aliphatic carbocycles. The monoisotopic (exact) mass is 444 g/mol. The minimum Gasteiger partial charge on any atom is -0.478 e. The third kappa shape index (κ3) is 4.87. The molecule has 0 saturated carbocycles. The Morgan fingerprint density at radius 1 is 0.909 bits per heavy atom. The molecule has 0 unspecified atom stereocenters. The third-order valence-corrected chi connectivity index (χ3v) is 5.74. The molecule has 0 heterocycles. The molecular formula is C26H24N2O5. The second kappa shape index (κ2) is 9.56. The lowest BCUT2D eigenvalue weighted by atomic mass is 9.98. The quantitative estimate of drug-likeness (QED) is 0.512. The zero-order valence-corrected chi connectivity index (χ0v) is 18.1. The minimum absolute atomic E-state index is 0.0546. The highest BCUT2D eigenvalue weighted by Crippen LogP contribution is 2.44. The fourth-order valence-electron chi connectivity index (χ4n) is 3.99. The molecule has 1 atom stereocenters. The van der Waals surface area contributed by atoms with E-state index < -0.39 is 18.1 Å². The lowest BCUT2D eigenvalue weighted by Crippen LogP contribution is -2.45. The van der Waals surface area contributed by atoms with Crippen LogP contribution in [0.3, 0.4) is 0 Å². The number of carbonyl (C=O) groups excluding carboxylic acids is 2. The third-order valence-electron chi connectivity index (χ3n) is 5.74. The number of carbonyl (C=O) groups is 3. The standard InChI is InChI=1S/C26H24N2O5/c1-16(24(29)27-14-17-10-12-18(13-11-17)25(30)31)28-26(32)33-15-23-21-8-4-2-6-19(21)20-7-3-5-9-22(20)23/h2-13,16,23H,14-15H2,1H3,(H,27,29)(H,28,32)(H,30,31)/t16-/m1/s1. The Bertz CT molecular complexity index is 1140. The normalized spacial score (nSPS) is 12.9. The summed E-state index contributed by atoms with van der Waals surface area (Å²) < 4.78 is 5.47. The van der Waals surface area contributed by atoms with E-state index in [1.807, 2.05) is 36.4 Å². The Morgan fingerprint density at radius 3 is 2.06 bits per heavy atom. The number of hydrogen-bond donors (Lipinski definition) is 3. The van der Waals surface area contributed by atoms with Gasteiger partial charge < -0.3 is 20.5 Å². The van der Waals surface area contributed by atoms with Gasteiger partial charge in [-0.25, -0.2) is 9.59 Å². The Balaban J connectivity index is 1.29. The van der Waals surface area contributed by atoms with Crippen molar-refractivity contribution in [1.29, 1.82) is 0 Å². The van der Waals surface area contributed by atoms with E-state index in [-0.39, 0.29) is 30.5 Å². The minimum atomic E-state index is -1.01. The Kier molecular flexibility index (Phi) is 6.40. The Morgan fingerprint density at radius 2 is 1.48 bits per heavy atom. The largest absolute Gasteiger partial charge is 0.478 e. The summed E-state index contributed by atoms with van der Waals surface area (Å²) in [6, 6.07) is 21.6. The van der Waals surface area contributed by atoms with Crippen molar-refractivity contribution in [2.24, 2.45) is 0 Å². The van der Waals surface area contributed by atoms with Crippen LogP contribution in [0, 0.1) is 0 Å². The smallest absolute Gasteiger partial charge is 0.407 e. The van der Waals surface area contributed by atoms with Crippen LogP contribution in [-0.4, -0.2) is 35.7 Å². The fourth-order valence-corrected chi connectivity index (χ4v) is 3.99. The van der Waals surface area contributed by atoms with Crippen LogP contribution in [0.2, 0.25) is 0 Å². The van der Waals surface area contributed by atoms with Gasteiger partial charge in [0.1, 0.15) is 12.6 Å². The number of carboxylic acids is 1. The van der Waals surface area contributed by atoms with Crippen LogP contribution in [0.5, 0.6) is 0 Å². The van der Waals surface area contributed by atoms with Gasteiger partial charge in [0.25, 0.3) is 0 Å². The number of rotatable bonds is 7. The molecule has 2 amide bonds. The summed E-state index contributed by atoms with van der Waals surface area (Å²) >= 11 is 0. The summed E-state index contributed by atoms with van der Waals surface area (Å²) in [5.41, 5.74) is 5.45. The Hall–Kier alpha value is -4.13. The summed E-state index contributed by atoms with van der Waals surface area (Å²) in [6.07, 6.45) is -0.662. The van der Waals surface area contributed by atoms with E-state index in [1.54, 1.807) is 19.1 Å². The number of hydrogen-bond acceptors (Lipinski definition) is 4. The van der Waals surface area contributed by atoms with E-state index >= 15 is 0 Å². The molecule has 0 spiro atoms. The van der Waals surface area contributed by atoms with Crippen molar-refractivity contribution in [2.45, 2.75) is 25.4 Å². The maximum atomic E-state index is 12.3. The van der Waals surface area contributed by atoms with Crippen LogP contribution in [0.1, 0.15) is 39.9 Å². The van der Waals surface area contributed by atoms with Crippen LogP contribution in [0.25, 0.3) is 11.1 Å². The van der Waals surface area contributed by atoms with Gasteiger partial charge >= 0.3 is 12.1 Å². The Labute approximate surface area is 191 Å². The van der Waals surface area contributed by atoms with Crippen molar-refractivity contribution in [3.63, 3.8) is 0 Å². The van der Waals surface area contributed by atoms with Crippen LogP contribution in [-0.2, 0) is 16.1 Å². The van der Waals surface area contributed by atoms with E-state index in [2.05, 4.69) is 22.8 Å². The lowest BCUT2D eigenvalue weighted by molar-refractivity contribution is -0.122. The molecule has 7 nitrogen and oxygen atoms in total. The van der Waals surface area contributed by atoms with Crippen molar-refractivity contribution < 1.29 is 24.2 Å². The molecular weight excluding hydrogens is 420 g/mol. The number of nitrogens with one attached hydrogen (secondary N) is 2. The van der Waals surface area contributed by atoms with Gasteiger partial charge in [0.2, 0.25) is 5.91 Å². The predicted octanol–water partition coefficient (Wildman–Crippen LogP) is 3.93. The molecule has 0 radical (unpaired) electrons. The molecule has 0 saturated heterocycles. The summed E-state index contributed by atoms with van der Waals surface area (Å²) in [5, 5.41) is 14.2. The van der Waals surface area contributed by atoms with E-state index in [1.165, 1.54) is 12.1 Å². The zero-order chi connectivity index (χ0) is 23.4. The summed E-state index contributed by atoms with van der Waals surface area (Å²) in [5.74, 6) is -1.43. The molecule has 168 valence electrons. The molecule has 7 heteroatoms. The number of fused-ring (bicyclic) bond motifs is 3. The number of carboxylic acid groups (broad SMARTS) is 1. The first-order chi connectivity index (χ1) is 15.9. The van der Waals surface area contributed by atoms with Crippen LogP contribution >= 0.6 is 0 Å². The average molecular weight is 444 g/mol. The van der Waals surface area contributed by atoms with Gasteiger partial charge in [-0.1, -0.05) is 60.7 Å².